The van der Waals surface area contributed by atoms with Crippen LogP contribution in [0.3, 0.4) is 0 Å². The van der Waals surface area contributed by atoms with E-state index in [1.165, 1.54) is 0 Å². The molecule has 7 nitrogen and oxygen atoms in total. The predicted octanol–water partition coefficient (Wildman–Crippen LogP) is 4.59. The highest BCUT2D eigenvalue weighted by molar-refractivity contribution is 7.17. The number of halogens is 1. The van der Waals surface area contributed by atoms with Crippen LogP contribution >= 0.6 is 22.9 Å². The summed E-state index contributed by atoms with van der Waals surface area (Å²) in [5, 5.41) is 2.92. The number of esters is 1. The molecule has 0 bridgehead atoms. The third-order valence-corrected chi connectivity index (χ3v) is 6.65. The summed E-state index contributed by atoms with van der Waals surface area (Å²) < 4.78 is 16.5. The fraction of sp³-hybridized carbons (Fsp3) is 0.476. The minimum Gasteiger partial charge on any atom is -0.473 e. The molecule has 2 aliphatic carbocycles. The molecule has 2 saturated carbocycles. The summed E-state index contributed by atoms with van der Waals surface area (Å²) in [5.41, 5.74) is 1.15. The zero-order valence-corrected chi connectivity index (χ0v) is 18.1. The largest absolute Gasteiger partial charge is 0.473 e. The van der Waals surface area contributed by atoms with Crippen molar-refractivity contribution in [1.29, 1.82) is 0 Å². The van der Waals surface area contributed by atoms with Gasteiger partial charge in [0.1, 0.15) is 12.7 Å². The van der Waals surface area contributed by atoms with Crippen molar-refractivity contribution in [2.75, 3.05) is 6.61 Å². The van der Waals surface area contributed by atoms with Crippen molar-refractivity contribution in [2.24, 2.45) is 5.41 Å². The molecule has 1 aromatic heterocycles. The fourth-order valence-corrected chi connectivity index (χ4v) is 5.12. The zero-order valence-electron chi connectivity index (χ0n) is 16.6. The van der Waals surface area contributed by atoms with Crippen LogP contribution in [-0.2, 0) is 16.1 Å². The number of hydrogen-bond donors (Lipinski definition) is 1. The van der Waals surface area contributed by atoms with Crippen LogP contribution in [0.1, 0.15) is 47.8 Å². The van der Waals surface area contributed by atoms with E-state index in [-0.39, 0.29) is 47.2 Å². The number of hydrogen-bond acceptors (Lipinski definition) is 7. The fourth-order valence-electron chi connectivity index (χ4n) is 4.19. The molecular formula is C21H23ClN2O5S. The second-order valence-corrected chi connectivity index (χ2v) is 9.36. The second-order valence-electron chi connectivity index (χ2n) is 7.78. The van der Waals surface area contributed by atoms with E-state index in [0.717, 1.165) is 42.6 Å². The van der Waals surface area contributed by atoms with E-state index in [9.17, 15) is 9.59 Å². The molecule has 0 aliphatic heterocycles. The number of aromatic nitrogens is 1. The summed E-state index contributed by atoms with van der Waals surface area (Å²) in [6, 6.07) is 9.71. The molecule has 9 heteroatoms. The van der Waals surface area contributed by atoms with Gasteiger partial charge in [0.05, 0.1) is 6.61 Å². The highest BCUT2D eigenvalue weighted by atomic mass is 35.5. The van der Waals surface area contributed by atoms with Gasteiger partial charge in [-0.1, -0.05) is 53.3 Å². The molecule has 30 heavy (non-hydrogen) atoms. The van der Waals surface area contributed by atoms with Gasteiger partial charge in [0, 0.05) is 6.04 Å². The maximum absolute atomic E-state index is 12.0. The van der Waals surface area contributed by atoms with Crippen molar-refractivity contribution in [2.45, 2.75) is 51.4 Å². The van der Waals surface area contributed by atoms with Crippen molar-refractivity contribution < 1.29 is 23.8 Å². The average Bonchev–Trinajstić information content (AvgIpc) is 3.04. The van der Waals surface area contributed by atoms with Crippen molar-refractivity contribution in [3.8, 4) is 5.88 Å². The lowest BCUT2D eigenvalue weighted by Gasteiger charge is -2.56. The standard InChI is InChI=1S/C21H23ClN2O5S/c1-2-27-18(25)16-17(24-19(22)30-16)29-15-10-21(11-15)8-14(9-21)23-20(26)28-12-13-6-4-3-5-7-13/h3-7,14-15H,2,8-12H2,1H3,(H,23,26)/t14-,15-,21?. The molecule has 0 atom stereocenters. The molecule has 1 amide bonds. The third-order valence-electron chi connectivity index (χ3n) is 5.52. The molecule has 0 unspecified atom stereocenters. The maximum atomic E-state index is 12.0. The summed E-state index contributed by atoms with van der Waals surface area (Å²) in [6.07, 6.45) is 3.12. The van der Waals surface area contributed by atoms with Crippen LogP contribution in [0.25, 0.3) is 0 Å². The van der Waals surface area contributed by atoms with Crippen molar-refractivity contribution in [3.05, 3.63) is 45.2 Å². The van der Waals surface area contributed by atoms with Gasteiger partial charge in [-0.3, -0.25) is 0 Å². The van der Waals surface area contributed by atoms with Gasteiger partial charge in [0.25, 0.3) is 0 Å². The van der Waals surface area contributed by atoms with E-state index in [1.54, 1.807) is 6.92 Å². The second kappa shape index (κ2) is 8.81. The SMILES string of the molecule is CCOC(=O)c1sc(Cl)nc1O[C@H]1CC2(C[C@H](NC(=O)OCc3ccccc3)C2)C1. The first-order valence-electron chi connectivity index (χ1n) is 9.94. The Hall–Kier alpha value is -2.32. The molecule has 0 radical (unpaired) electrons. The molecule has 1 N–H and O–H groups in total. The summed E-state index contributed by atoms with van der Waals surface area (Å²) in [4.78, 5) is 28.4. The lowest BCUT2D eigenvalue weighted by Crippen LogP contribution is -2.58. The molecule has 1 aromatic carbocycles. The minimum atomic E-state index is -0.465. The van der Waals surface area contributed by atoms with Crippen LogP contribution in [0.4, 0.5) is 4.79 Å². The van der Waals surface area contributed by atoms with Crippen LogP contribution in [-0.4, -0.2) is 35.8 Å². The van der Waals surface area contributed by atoms with Gasteiger partial charge < -0.3 is 19.5 Å². The number of nitrogens with zero attached hydrogens (tertiary/aromatic N) is 1. The van der Waals surface area contributed by atoms with Gasteiger partial charge in [-0.15, -0.1) is 0 Å². The molecule has 2 fully saturated rings. The Morgan fingerprint density at radius 1 is 1.20 bits per heavy atom. The first kappa shape index (κ1) is 20.9. The molecule has 160 valence electrons. The molecule has 2 aliphatic rings. The van der Waals surface area contributed by atoms with Gasteiger partial charge in [0.15, 0.2) is 9.34 Å². The van der Waals surface area contributed by atoms with Crippen molar-refractivity contribution >= 4 is 35.0 Å². The first-order chi connectivity index (χ1) is 14.5. The van der Waals surface area contributed by atoms with Crippen LogP contribution in [0.5, 0.6) is 5.88 Å². The number of rotatable bonds is 7. The average molecular weight is 451 g/mol. The molecule has 4 rings (SSSR count). The molecule has 1 spiro atoms. The Labute approximate surface area is 183 Å². The van der Waals surface area contributed by atoms with Gasteiger partial charge in [-0.2, -0.15) is 4.98 Å². The Balaban J connectivity index is 1.19. The van der Waals surface area contributed by atoms with Gasteiger partial charge >= 0.3 is 12.1 Å². The van der Waals surface area contributed by atoms with Crippen molar-refractivity contribution in [3.63, 3.8) is 0 Å². The van der Waals surface area contributed by atoms with Crippen molar-refractivity contribution in [1.82, 2.24) is 10.3 Å². The third kappa shape index (κ3) is 4.70. The Kier molecular flexibility index (Phi) is 6.15. The van der Waals surface area contributed by atoms with E-state index in [0.29, 0.717) is 4.88 Å². The molecular weight excluding hydrogens is 428 g/mol. The van der Waals surface area contributed by atoms with E-state index >= 15 is 0 Å². The van der Waals surface area contributed by atoms with Crippen LogP contribution in [0.2, 0.25) is 4.47 Å². The van der Waals surface area contributed by atoms with E-state index < -0.39 is 5.97 Å². The molecule has 1 heterocycles. The van der Waals surface area contributed by atoms with Gasteiger partial charge in [-0.25, -0.2) is 9.59 Å². The number of carbonyl (C=O) groups excluding carboxylic acids is 2. The lowest BCUT2D eigenvalue weighted by molar-refractivity contribution is -0.0856. The minimum absolute atomic E-state index is 0.0117. The smallest absolute Gasteiger partial charge is 0.407 e. The summed E-state index contributed by atoms with van der Waals surface area (Å²) in [5.74, 6) is -0.213. The Bertz CT molecular complexity index is 905. The summed E-state index contributed by atoms with van der Waals surface area (Å²) in [6.45, 7) is 2.29. The maximum Gasteiger partial charge on any atom is 0.407 e. The quantitative estimate of drug-likeness (QED) is 0.621. The normalized spacial score (nSPS) is 24.5. The number of benzene rings is 1. The van der Waals surface area contributed by atoms with Crippen LogP contribution < -0.4 is 10.1 Å². The molecule has 0 saturated heterocycles. The topological polar surface area (TPSA) is 86.8 Å². The van der Waals surface area contributed by atoms with E-state index in [2.05, 4.69) is 10.3 Å². The van der Waals surface area contributed by atoms with E-state index in [1.807, 2.05) is 30.3 Å². The first-order valence-corrected chi connectivity index (χ1v) is 11.1. The zero-order chi connectivity index (χ0) is 21.1. The Morgan fingerprint density at radius 2 is 1.93 bits per heavy atom. The summed E-state index contributed by atoms with van der Waals surface area (Å²) >= 11 is 7.01. The number of carbonyl (C=O) groups is 2. The van der Waals surface area contributed by atoms with Crippen LogP contribution in [0.15, 0.2) is 30.3 Å². The van der Waals surface area contributed by atoms with Gasteiger partial charge in [-0.05, 0) is 43.6 Å². The lowest BCUT2D eigenvalue weighted by atomic mass is 9.53. The number of amides is 1. The summed E-state index contributed by atoms with van der Waals surface area (Å²) in [7, 11) is 0. The van der Waals surface area contributed by atoms with E-state index in [4.69, 9.17) is 25.8 Å². The number of thiazole rings is 1. The predicted molar refractivity (Wildman–Crippen MR) is 112 cm³/mol. The monoisotopic (exact) mass is 450 g/mol. The number of nitrogens with one attached hydrogen (secondary N) is 1. The highest BCUT2D eigenvalue weighted by Crippen LogP contribution is 2.57. The highest BCUT2D eigenvalue weighted by Gasteiger charge is 2.54. The number of ether oxygens (including phenoxy) is 3. The molecule has 2 aromatic rings. The van der Waals surface area contributed by atoms with Gasteiger partial charge in [0.2, 0.25) is 5.88 Å². The Morgan fingerprint density at radius 3 is 2.63 bits per heavy atom. The van der Waals surface area contributed by atoms with Crippen LogP contribution in [0, 0.1) is 5.41 Å². The number of alkyl carbamates (subject to hydrolysis) is 1.